The molecule has 0 bridgehead atoms. The van der Waals surface area contributed by atoms with Gasteiger partial charge >= 0.3 is 6.03 Å². The molecule has 2 aromatic rings. The average molecular weight is 341 g/mol. The summed E-state index contributed by atoms with van der Waals surface area (Å²) in [7, 11) is 0. The summed E-state index contributed by atoms with van der Waals surface area (Å²) in [6.07, 6.45) is 8.74. The fraction of sp³-hybridized carbons (Fsp3) is 0.412. The summed E-state index contributed by atoms with van der Waals surface area (Å²) < 4.78 is 0. The van der Waals surface area contributed by atoms with Gasteiger partial charge < -0.3 is 20.9 Å². The minimum atomic E-state index is -0.261. The third kappa shape index (κ3) is 5.30. The number of nitrogens with zero attached hydrogens (tertiary/aromatic N) is 4. The van der Waals surface area contributed by atoms with E-state index in [2.05, 4.69) is 35.8 Å². The number of urea groups is 1. The maximum absolute atomic E-state index is 11.9. The van der Waals surface area contributed by atoms with Crippen molar-refractivity contribution >= 4 is 23.5 Å². The predicted molar refractivity (Wildman–Crippen MR) is 97.8 cm³/mol. The van der Waals surface area contributed by atoms with Crippen molar-refractivity contribution in [2.75, 3.05) is 41.7 Å². The van der Waals surface area contributed by atoms with Crippen molar-refractivity contribution in [3.05, 3.63) is 36.8 Å². The van der Waals surface area contributed by atoms with Crippen molar-refractivity contribution in [2.24, 2.45) is 0 Å². The van der Waals surface area contributed by atoms with Gasteiger partial charge in [0.1, 0.15) is 5.82 Å². The Labute approximate surface area is 147 Å². The van der Waals surface area contributed by atoms with Gasteiger partial charge in [-0.3, -0.25) is 0 Å². The summed E-state index contributed by atoms with van der Waals surface area (Å²) in [6.45, 7) is 3.11. The summed E-state index contributed by atoms with van der Waals surface area (Å²) in [6, 6.07) is 5.33. The average Bonchev–Trinajstić information content (AvgIpc) is 2.67. The lowest BCUT2D eigenvalue weighted by Crippen LogP contribution is -2.33. The molecule has 0 spiro atoms. The topological polar surface area (TPSA) is 95.1 Å². The van der Waals surface area contributed by atoms with Crippen LogP contribution in [-0.2, 0) is 0 Å². The highest BCUT2D eigenvalue weighted by molar-refractivity contribution is 5.89. The fourth-order valence-electron chi connectivity index (χ4n) is 2.69. The predicted octanol–water partition coefficient (Wildman–Crippen LogP) is 2.10. The molecule has 8 heteroatoms. The Morgan fingerprint density at radius 2 is 1.84 bits per heavy atom. The molecule has 1 aliphatic rings. The molecule has 2 aromatic heterocycles. The van der Waals surface area contributed by atoms with Crippen LogP contribution in [0.25, 0.3) is 0 Å². The van der Waals surface area contributed by atoms with Crippen LogP contribution in [0, 0.1) is 0 Å². The van der Waals surface area contributed by atoms with E-state index in [0.29, 0.717) is 24.7 Å². The second kappa shape index (κ2) is 8.81. The summed E-state index contributed by atoms with van der Waals surface area (Å²) in [4.78, 5) is 26.7. The zero-order chi connectivity index (χ0) is 17.3. The van der Waals surface area contributed by atoms with Crippen LogP contribution < -0.4 is 20.9 Å². The molecule has 0 aliphatic carbocycles. The number of aromatic nitrogens is 3. The Morgan fingerprint density at radius 3 is 2.56 bits per heavy atom. The number of pyridine rings is 1. The van der Waals surface area contributed by atoms with Crippen molar-refractivity contribution in [3.8, 4) is 0 Å². The van der Waals surface area contributed by atoms with Crippen LogP contribution in [0.2, 0.25) is 0 Å². The molecule has 8 nitrogen and oxygen atoms in total. The number of nitrogens with one attached hydrogen (secondary N) is 3. The maximum Gasteiger partial charge on any atom is 0.319 e. The van der Waals surface area contributed by atoms with Crippen molar-refractivity contribution < 1.29 is 4.79 Å². The number of carbonyl (C=O) groups is 1. The molecule has 3 rings (SSSR count). The van der Waals surface area contributed by atoms with Crippen molar-refractivity contribution in [1.29, 1.82) is 0 Å². The van der Waals surface area contributed by atoms with Gasteiger partial charge in [0.15, 0.2) is 0 Å². The first-order valence-corrected chi connectivity index (χ1v) is 8.58. The molecule has 0 unspecified atom stereocenters. The van der Waals surface area contributed by atoms with Gasteiger partial charge in [0.2, 0.25) is 5.95 Å². The Hall–Kier alpha value is -2.90. The normalized spacial score (nSPS) is 14.0. The van der Waals surface area contributed by atoms with E-state index in [1.807, 2.05) is 12.1 Å². The Bertz CT molecular complexity index is 656. The molecular formula is C17H23N7O. The largest absolute Gasteiger partial charge is 0.357 e. The highest BCUT2D eigenvalue weighted by atomic mass is 16.2. The first-order chi connectivity index (χ1) is 12.3. The number of piperidine rings is 1. The monoisotopic (exact) mass is 341 g/mol. The van der Waals surface area contributed by atoms with E-state index in [-0.39, 0.29) is 6.03 Å². The third-order valence-corrected chi connectivity index (χ3v) is 3.95. The molecule has 132 valence electrons. The lowest BCUT2D eigenvalue weighted by atomic mass is 10.1. The third-order valence-electron chi connectivity index (χ3n) is 3.95. The summed E-state index contributed by atoms with van der Waals surface area (Å²) in [5, 5.41) is 8.58. The Balaban J connectivity index is 1.38. The zero-order valence-electron chi connectivity index (χ0n) is 14.1. The standard InChI is InChI=1S/C17H23N7O/c25-17(21-10-9-20-16-18-7-4-8-19-16)23-14-5-6-15(22-13-14)24-11-2-1-3-12-24/h4-8,13H,1-3,9-12H2,(H,18,19,20)(H2,21,23,25). The lowest BCUT2D eigenvalue weighted by Gasteiger charge is -2.27. The molecule has 1 saturated heterocycles. The first-order valence-electron chi connectivity index (χ1n) is 8.58. The van der Waals surface area contributed by atoms with Crippen LogP contribution in [0.3, 0.4) is 0 Å². The van der Waals surface area contributed by atoms with Gasteiger partial charge in [-0.25, -0.2) is 19.7 Å². The number of anilines is 3. The van der Waals surface area contributed by atoms with Crippen LogP contribution in [-0.4, -0.2) is 47.2 Å². The van der Waals surface area contributed by atoms with Gasteiger partial charge in [-0.05, 0) is 37.5 Å². The highest BCUT2D eigenvalue weighted by Crippen LogP contribution is 2.18. The molecule has 2 amide bonds. The van der Waals surface area contributed by atoms with Gasteiger partial charge in [0.25, 0.3) is 0 Å². The quantitative estimate of drug-likeness (QED) is 0.697. The minimum absolute atomic E-state index is 0.261. The molecule has 0 radical (unpaired) electrons. The van der Waals surface area contributed by atoms with E-state index in [1.165, 1.54) is 19.3 Å². The first kappa shape index (κ1) is 16.9. The van der Waals surface area contributed by atoms with Crippen LogP contribution in [0.15, 0.2) is 36.8 Å². The summed E-state index contributed by atoms with van der Waals surface area (Å²) in [5.41, 5.74) is 0.678. The summed E-state index contributed by atoms with van der Waals surface area (Å²) in [5.74, 6) is 1.51. The Kier molecular flexibility index (Phi) is 5.97. The number of rotatable bonds is 6. The number of hydrogen-bond acceptors (Lipinski definition) is 6. The highest BCUT2D eigenvalue weighted by Gasteiger charge is 2.11. The molecule has 3 heterocycles. The smallest absolute Gasteiger partial charge is 0.319 e. The van der Waals surface area contributed by atoms with Crippen LogP contribution in [0.1, 0.15) is 19.3 Å². The molecule has 1 aliphatic heterocycles. The number of amides is 2. The molecule has 0 atom stereocenters. The van der Waals surface area contributed by atoms with Gasteiger partial charge in [0.05, 0.1) is 11.9 Å². The Morgan fingerprint density at radius 1 is 1.04 bits per heavy atom. The second-order valence-electron chi connectivity index (χ2n) is 5.83. The SMILES string of the molecule is O=C(NCCNc1ncccn1)Nc1ccc(N2CCCCC2)nc1. The lowest BCUT2D eigenvalue weighted by molar-refractivity contribution is 0.252. The van der Waals surface area contributed by atoms with Gasteiger partial charge in [-0.1, -0.05) is 0 Å². The molecule has 25 heavy (non-hydrogen) atoms. The summed E-state index contributed by atoms with van der Waals surface area (Å²) >= 11 is 0. The van der Waals surface area contributed by atoms with Gasteiger partial charge in [-0.2, -0.15) is 0 Å². The maximum atomic E-state index is 11.9. The van der Waals surface area contributed by atoms with E-state index >= 15 is 0 Å². The van der Waals surface area contributed by atoms with Crippen LogP contribution in [0.5, 0.6) is 0 Å². The van der Waals surface area contributed by atoms with Gasteiger partial charge in [-0.15, -0.1) is 0 Å². The minimum Gasteiger partial charge on any atom is -0.357 e. The number of carbonyl (C=O) groups excluding carboxylic acids is 1. The molecule has 0 aromatic carbocycles. The molecule has 3 N–H and O–H groups in total. The zero-order valence-corrected chi connectivity index (χ0v) is 14.1. The number of hydrogen-bond donors (Lipinski definition) is 3. The van der Waals surface area contributed by atoms with Crippen LogP contribution in [0.4, 0.5) is 22.2 Å². The molecular weight excluding hydrogens is 318 g/mol. The van der Waals surface area contributed by atoms with Gasteiger partial charge in [0, 0.05) is 38.6 Å². The van der Waals surface area contributed by atoms with E-state index in [9.17, 15) is 4.79 Å². The second-order valence-corrected chi connectivity index (χ2v) is 5.83. The van der Waals surface area contributed by atoms with Crippen molar-refractivity contribution in [2.45, 2.75) is 19.3 Å². The van der Waals surface area contributed by atoms with Crippen LogP contribution >= 0.6 is 0 Å². The van der Waals surface area contributed by atoms with E-state index in [0.717, 1.165) is 18.9 Å². The molecule has 1 fully saturated rings. The van der Waals surface area contributed by atoms with E-state index < -0.39 is 0 Å². The van der Waals surface area contributed by atoms with E-state index in [1.54, 1.807) is 24.7 Å². The van der Waals surface area contributed by atoms with Crippen molar-refractivity contribution in [3.63, 3.8) is 0 Å². The molecule has 0 saturated carbocycles. The van der Waals surface area contributed by atoms with E-state index in [4.69, 9.17) is 0 Å². The fourth-order valence-corrected chi connectivity index (χ4v) is 2.69. The van der Waals surface area contributed by atoms with Crippen molar-refractivity contribution in [1.82, 2.24) is 20.3 Å².